The van der Waals surface area contributed by atoms with Crippen molar-refractivity contribution in [2.75, 3.05) is 26.3 Å². The van der Waals surface area contributed by atoms with Crippen LogP contribution in [0.1, 0.15) is 0 Å². The van der Waals surface area contributed by atoms with Crippen molar-refractivity contribution < 1.29 is 13.9 Å². The molecule has 0 saturated carbocycles. The third kappa shape index (κ3) is 3.43. The van der Waals surface area contributed by atoms with Crippen LogP contribution in [-0.2, 0) is 4.74 Å². The molecule has 1 atom stereocenters. The number of benzene rings is 1. The van der Waals surface area contributed by atoms with Gasteiger partial charge in [0.2, 0.25) is 0 Å². The lowest BCUT2D eigenvalue weighted by molar-refractivity contribution is 0.000125. The molecule has 1 aromatic carbocycles. The van der Waals surface area contributed by atoms with Crippen LogP contribution in [0.2, 0.25) is 0 Å². The average molecular weight is 290 g/mol. The molecule has 1 aromatic rings. The van der Waals surface area contributed by atoms with Crippen LogP contribution in [0.4, 0.5) is 4.39 Å². The molecule has 88 valence electrons. The Balaban J connectivity index is 1.88. The number of ether oxygens (including phenoxy) is 2. The van der Waals surface area contributed by atoms with Gasteiger partial charge in [-0.3, -0.25) is 0 Å². The molecule has 1 heterocycles. The van der Waals surface area contributed by atoms with E-state index in [2.05, 4.69) is 21.2 Å². The quantitative estimate of drug-likeness (QED) is 0.923. The normalized spacial score (nSPS) is 20.8. The molecule has 0 amide bonds. The van der Waals surface area contributed by atoms with Gasteiger partial charge in [0.1, 0.15) is 24.3 Å². The van der Waals surface area contributed by atoms with Crippen LogP contribution >= 0.6 is 15.9 Å². The van der Waals surface area contributed by atoms with Gasteiger partial charge in [-0.2, -0.15) is 0 Å². The monoisotopic (exact) mass is 289 g/mol. The Morgan fingerprint density at radius 2 is 2.38 bits per heavy atom. The van der Waals surface area contributed by atoms with Gasteiger partial charge in [0, 0.05) is 23.6 Å². The molecule has 0 bridgehead atoms. The van der Waals surface area contributed by atoms with E-state index in [9.17, 15) is 4.39 Å². The second-order valence-corrected chi connectivity index (χ2v) is 4.53. The van der Waals surface area contributed by atoms with Crippen LogP contribution < -0.4 is 10.1 Å². The molecule has 5 heteroatoms. The predicted octanol–water partition coefficient (Wildman–Crippen LogP) is 1.96. The summed E-state index contributed by atoms with van der Waals surface area (Å²) in [7, 11) is 0. The Morgan fingerprint density at radius 1 is 1.50 bits per heavy atom. The lowest BCUT2D eigenvalue weighted by atomic mass is 10.3. The van der Waals surface area contributed by atoms with Gasteiger partial charge in [-0.1, -0.05) is 15.9 Å². The summed E-state index contributed by atoms with van der Waals surface area (Å²) in [4.78, 5) is 0. The second-order valence-electron chi connectivity index (χ2n) is 3.61. The van der Waals surface area contributed by atoms with Gasteiger partial charge in [-0.25, -0.2) is 4.39 Å². The second kappa shape index (κ2) is 5.61. The third-order valence-corrected chi connectivity index (χ3v) is 2.73. The van der Waals surface area contributed by atoms with Gasteiger partial charge in [-0.05, 0) is 12.1 Å². The Bertz CT molecular complexity index is 336. The summed E-state index contributed by atoms with van der Waals surface area (Å²) in [6.07, 6.45) is 0.0378. The van der Waals surface area contributed by atoms with Crippen molar-refractivity contribution in [2.24, 2.45) is 0 Å². The summed E-state index contributed by atoms with van der Waals surface area (Å²) in [6, 6.07) is 4.49. The number of morpholine rings is 1. The molecule has 0 spiro atoms. The standard InChI is InChI=1S/C11H13BrFNO2/c12-8-3-9(13)5-10(4-8)16-7-11-6-14-1-2-15-11/h3-5,11,14H,1-2,6-7H2. The van der Waals surface area contributed by atoms with E-state index in [1.165, 1.54) is 12.1 Å². The lowest BCUT2D eigenvalue weighted by Gasteiger charge is -2.23. The summed E-state index contributed by atoms with van der Waals surface area (Å²) >= 11 is 3.22. The molecule has 0 aliphatic carbocycles. The zero-order chi connectivity index (χ0) is 11.4. The van der Waals surface area contributed by atoms with E-state index in [1.54, 1.807) is 6.07 Å². The molecule has 1 unspecified atom stereocenters. The maximum absolute atomic E-state index is 13.0. The molecule has 0 aromatic heterocycles. The van der Waals surface area contributed by atoms with E-state index >= 15 is 0 Å². The Morgan fingerprint density at radius 3 is 3.06 bits per heavy atom. The minimum atomic E-state index is -0.313. The zero-order valence-corrected chi connectivity index (χ0v) is 10.3. The minimum Gasteiger partial charge on any atom is -0.491 e. The molecular formula is C11H13BrFNO2. The van der Waals surface area contributed by atoms with E-state index < -0.39 is 0 Å². The van der Waals surface area contributed by atoms with Crippen molar-refractivity contribution in [1.82, 2.24) is 5.32 Å². The van der Waals surface area contributed by atoms with E-state index in [0.29, 0.717) is 23.4 Å². The van der Waals surface area contributed by atoms with Crippen LogP contribution in [0.3, 0.4) is 0 Å². The van der Waals surface area contributed by atoms with Gasteiger partial charge < -0.3 is 14.8 Å². The fourth-order valence-electron chi connectivity index (χ4n) is 1.53. The predicted molar refractivity (Wildman–Crippen MR) is 62.2 cm³/mol. The fourth-order valence-corrected chi connectivity index (χ4v) is 1.97. The van der Waals surface area contributed by atoms with Crippen LogP contribution in [0.15, 0.2) is 22.7 Å². The highest BCUT2D eigenvalue weighted by atomic mass is 79.9. The smallest absolute Gasteiger partial charge is 0.128 e. The van der Waals surface area contributed by atoms with Gasteiger partial charge in [-0.15, -0.1) is 0 Å². The van der Waals surface area contributed by atoms with Crippen LogP contribution in [0.25, 0.3) is 0 Å². The number of nitrogens with one attached hydrogen (secondary N) is 1. The fraction of sp³-hybridized carbons (Fsp3) is 0.455. The Kier molecular flexibility index (Phi) is 4.15. The summed E-state index contributed by atoms with van der Waals surface area (Å²) < 4.78 is 24.7. The average Bonchev–Trinajstić information content (AvgIpc) is 2.27. The van der Waals surface area contributed by atoms with Crippen molar-refractivity contribution in [2.45, 2.75) is 6.10 Å². The first-order chi connectivity index (χ1) is 7.74. The zero-order valence-electron chi connectivity index (χ0n) is 8.71. The van der Waals surface area contributed by atoms with Crippen molar-refractivity contribution in [3.05, 3.63) is 28.5 Å². The van der Waals surface area contributed by atoms with Crippen LogP contribution in [0.5, 0.6) is 5.75 Å². The van der Waals surface area contributed by atoms with E-state index in [-0.39, 0.29) is 11.9 Å². The summed E-state index contributed by atoms with van der Waals surface area (Å²) in [6.45, 7) is 2.78. The van der Waals surface area contributed by atoms with Crippen LogP contribution in [-0.4, -0.2) is 32.4 Å². The number of hydrogen-bond donors (Lipinski definition) is 1. The van der Waals surface area contributed by atoms with Gasteiger partial charge in [0.15, 0.2) is 0 Å². The topological polar surface area (TPSA) is 30.5 Å². The molecule has 1 N–H and O–H groups in total. The molecule has 1 saturated heterocycles. The van der Waals surface area contributed by atoms with Crippen molar-refractivity contribution in [3.8, 4) is 5.75 Å². The van der Waals surface area contributed by atoms with Gasteiger partial charge in [0.05, 0.1) is 6.61 Å². The van der Waals surface area contributed by atoms with Crippen molar-refractivity contribution in [3.63, 3.8) is 0 Å². The van der Waals surface area contributed by atoms with E-state index in [0.717, 1.165) is 13.1 Å². The molecule has 2 rings (SSSR count). The van der Waals surface area contributed by atoms with Crippen LogP contribution in [0, 0.1) is 5.82 Å². The summed E-state index contributed by atoms with van der Waals surface area (Å²) in [5.74, 6) is 0.202. The molecule has 1 aliphatic heterocycles. The SMILES string of the molecule is Fc1cc(Br)cc(OCC2CNCCO2)c1. The first-order valence-corrected chi connectivity index (χ1v) is 5.94. The summed E-state index contributed by atoms with van der Waals surface area (Å²) in [5.41, 5.74) is 0. The minimum absolute atomic E-state index is 0.0378. The number of halogens is 2. The molecular weight excluding hydrogens is 277 g/mol. The van der Waals surface area contributed by atoms with Crippen molar-refractivity contribution in [1.29, 1.82) is 0 Å². The number of hydrogen-bond acceptors (Lipinski definition) is 3. The highest BCUT2D eigenvalue weighted by Crippen LogP contribution is 2.20. The molecule has 0 radical (unpaired) electrons. The van der Waals surface area contributed by atoms with E-state index in [4.69, 9.17) is 9.47 Å². The van der Waals surface area contributed by atoms with E-state index in [1.807, 2.05) is 0 Å². The molecule has 3 nitrogen and oxygen atoms in total. The highest BCUT2D eigenvalue weighted by molar-refractivity contribution is 9.10. The van der Waals surface area contributed by atoms with Crippen molar-refractivity contribution >= 4 is 15.9 Å². The Labute approximate surface area is 102 Å². The molecule has 1 fully saturated rings. The Hall–Kier alpha value is -0.650. The molecule has 1 aliphatic rings. The van der Waals surface area contributed by atoms with Gasteiger partial charge in [0.25, 0.3) is 0 Å². The maximum Gasteiger partial charge on any atom is 0.128 e. The number of rotatable bonds is 3. The lowest BCUT2D eigenvalue weighted by Crippen LogP contribution is -2.41. The highest BCUT2D eigenvalue weighted by Gasteiger charge is 2.14. The summed E-state index contributed by atoms with van der Waals surface area (Å²) in [5, 5.41) is 3.21. The largest absolute Gasteiger partial charge is 0.491 e. The first-order valence-electron chi connectivity index (χ1n) is 5.15. The molecule has 16 heavy (non-hydrogen) atoms. The maximum atomic E-state index is 13.0. The first kappa shape index (κ1) is 11.8. The third-order valence-electron chi connectivity index (χ3n) is 2.28. The van der Waals surface area contributed by atoms with Gasteiger partial charge >= 0.3 is 0 Å².